The van der Waals surface area contributed by atoms with Gasteiger partial charge in [0.25, 0.3) is 0 Å². The molecule has 0 aromatic heterocycles. The van der Waals surface area contributed by atoms with Gasteiger partial charge in [0.2, 0.25) is 11.8 Å². The van der Waals surface area contributed by atoms with Gasteiger partial charge in [-0.2, -0.15) is 0 Å². The molecule has 0 bridgehead atoms. The number of carbonyl (C=O) groups excluding carboxylic acids is 2. The van der Waals surface area contributed by atoms with Crippen LogP contribution in [-0.4, -0.2) is 24.4 Å². The van der Waals surface area contributed by atoms with E-state index in [1.807, 2.05) is 12.1 Å². The first-order valence-corrected chi connectivity index (χ1v) is 6.84. The van der Waals surface area contributed by atoms with Crippen molar-refractivity contribution >= 4 is 11.8 Å². The van der Waals surface area contributed by atoms with Crippen molar-refractivity contribution in [2.45, 2.75) is 38.1 Å². The minimum Gasteiger partial charge on any atom is -0.352 e. The van der Waals surface area contributed by atoms with E-state index in [-0.39, 0.29) is 30.2 Å². The molecule has 2 amide bonds. The van der Waals surface area contributed by atoms with Gasteiger partial charge in [0, 0.05) is 13.0 Å². The molecule has 4 nitrogen and oxygen atoms in total. The van der Waals surface area contributed by atoms with Gasteiger partial charge in [-0.25, -0.2) is 4.39 Å². The fourth-order valence-corrected chi connectivity index (χ4v) is 2.63. The number of carbonyl (C=O) groups is 2. The molecule has 0 radical (unpaired) electrons. The SMILES string of the molecule is CC(=O)NCC(=O)N[C@H]1CC[C@@H](c2ccc(F)cc2)C1. The van der Waals surface area contributed by atoms with Crippen LogP contribution in [0.2, 0.25) is 0 Å². The van der Waals surface area contributed by atoms with Crippen LogP contribution in [0.1, 0.15) is 37.7 Å². The van der Waals surface area contributed by atoms with Crippen LogP contribution in [0.4, 0.5) is 4.39 Å². The number of hydrogen-bond donors (Lipinski definition) is 2. The molecule has 5 heteroatoms. The van der Waals surface area contributed by atoms with Crippen LogP contribution >= 0.6 is 0 Å². The highest BCUT2D eigenvalue weighted by Crippen LogP contribution is 2.34. The molecule has 1 aliphatic carbocycles. The van der Waals surface area contributed by atoms with E-state index < -0.39 is 0 Å². The molecule has 2 N–H and O–H groups in total. The van der Waals surface area contributed by atoms with Crippen molar-refractivity contribution in [2.24, 2.45) is 0 Å². The van der Waals surface area contributed by atoms with Crippen molar-refractivity contribution in [1.29, 1.82) is 0 Å². The summed E-state index contributed by atoms with van der Waals surface area (Å²) in [5.74, 6) is -0.241. The maximum Gasteiger partial charge on any atom is 0.239 e. The lowest BCUT2D eigenvalue weighted by Gasteiger charge is -2.14. The minimum atomic E-state index is -0.230. The Morgan fingerprint density at radius 2 is 1.95 bits per heavy atom. The third kappa shape index (κ3) is 4.05. The number of rotatable bonds is 4. The first-order chi connectivity index (χ1) is 9.54. The molecular weight excluding hydrogens is 259 g/mol. The lowest BCUT2D eigenvalue weighted by molar-refractivity contribution is -0.125. The molecule has 108 valence electrons. The zero-order chi connectivity index (χ0) is 14.5. The summed E-state index contributed by atoms with van der Waals surface area (Å²) < 4.78 is 12.9. The maximum atomic E-state index is 12.9. The highest BCUT2D eigenvalue weighted by molar-refractivity contribution is 5.83. The summed E-state index contributed by atoms with van der Waals surface area (Å²) in [6, 6.07) is 6.69. The van der Waals surface area contributed by atoms with Crippen LogP contribution in [0.15, 0.2) is 24.3 Å². The van der Waals surface area contributed by atoms with E-state index in [0.717, 1.165) is 24.8 Å². The number of benzene rings is 1. The summed E-state index contributed by atoms with van der Waals surface area (Å²) in [6.45, 7) is 1.40. The van der Waals surface area contributed by atoms with Gasteiger partial charge in [0.05, 0.1) is 6.54 Å². The van der Waals surface area contributed by atoms with Crippen LogP contribution in [0.3, 0.4) is 0 Å². The summed E-state index contributed by atoms with van der Waals surface area (Å²) in [4.78, 5) is 22.3. The summed E-state index contributed by atoms with van der Waals surface area (Å²) in [5.41, 5.74) is 1.12. The molecule has 0 spiro atoms. The Labute approximate surface area is 117 Å². The van der Waals surface area contributed by atoms with Gasteiger partial charge in [-0.15, -0.1) is 0 Å². The summed E-state index contributed by atoms with van der Waals surface area (Å²) in [7, 11) is 0. The average Bonchev–Trinajstić information content (AvgIpc) is 2.85. The molecule has 2 rings (SSSR count). The third-order valence-corrected chi connectivity index (χ3v) is 3.64. The van der Waals surface area contributed by atoms with E-state index in [1.54, 1.807) is 0 Å². The maximum absolute atomic E-state index is 12.9. The average molecular weight is 278 g/mol. The Bertz CT molecular complexity index is 487. The van der Waals surface area contributed by atoms with Gasteiger partial charge in [0.15, 0.2) is 0 Å². The molecule has 0 aliphatic heterocycles. The standard InChI is InChI=1S/C15H19FN2O2/c1-10(19)17-9-15(20)18-14-7-4-12(8-14)11-2-5-13(16)6-3-11/h2-3,5-6,12,14H,4,7-9H2,1H3,(H,17,19)(H,18,20)/t12-,14+/m1/s1. The van der Waals surface area contributed by atoms with Crippen LogP contribution in [0.25, 0.3) is 0 Å². The Kier molecular flexibility index (Phi) is 4.71. The number of nitrogens with one attached hydrogen (secondary N) is 2. The quantitative estimate of drug-likeness (QED) is 0.881. The van der Waals surface area contributed by atoms with Crippen molar-refractivity contribution in [3.05, 3.63) is 35.6 Å². The van der Waals surface area contributed by atoms with E-state index in [0.29, 0.717) is 5.92 Å². The molecule has 1 aromatic rings. The lowest BCUT2D eigenvalue weighted by atomic mass is 9.97. The normalized spacial score (nSPS) is 21.5. The van der Waals surface area contributed by atoms with Crippen LogP contribution < -0.4 is 10.6 Å². The smallest absolute Gasteiger partial charge is 0.239 e. The Morgan fingerprint density at radius 3 is 2.60 bits per heavy atom. The lowest BCUT2D eigenvalue weighted by Crippen LogP contribution is -2.40. The molecule has 0 heterocycles. The largest absolute Gasteiger partial charge is 0.352 e. The predicted octanol–water partition coefficient (Wildman–Crippen LogP) is 1.71. The van der Waals surface area contributed by atoms with Gasteiger partial charge in [-0.1, -0.05) is 12.1 Å². The van der Waals surface area contributed by atoms with Crippen molar-refractivity contribution in [2.75, 3.05) is 6.54 Å². The molecule has 2 atom stereocenters. The monoisotopic (exact) mass is 278 g/mol. The molecule has 1 fully saturated rings. The van der Waals surface area contributed by atoms with E-state index >= 15 is 0 Å². The second-order valence-electron chi connectivity index (χ2n) is 5.24. The van der Waals surface area contributed by atoms with Crippen molar-refractivity contribution in [3.63, 3.8) is 0 Å². The van der Waals surface area contributed by atoms with Crippen LogP contribution in [0.5, 0.6) is 0 Å². The zero-order valence-corrected chi connectivity index (χ0v) is 11.5. The highest BCUT2D eigenvalue weighted by atomic mass is 19.1. The van der Waals surface area contributed by atoms with Crippen molar-refractivity contribution in [3.8, 4) is 0 Å². The molecule has 0 unspecified atom stereocenters. The second kappa shape index (κ2) is 6.50. The van der Waals surface area contributed by atoms with E-state index in [2.05, 4.69) is 10.6 Å². The first-order valence-electron chi connectivity index (χ1n) is 6.84. The molecule has 1 aromatic carbocycles. The van der Waals surface area contributed by atoms with Crippen molar-refractivity contribution in [1.82, 2.24) is 10.6 Å². The van der Waals surface area contributed by atoms with Gasteiger partial charge in [-0.3, -0.25) is 9.59 Å². The molecule has 0 saturated heterocycles. The van der Waals surface area contributed by atoms with Gasteiger partial charge in [0.1, 0.15) is 5.82 Å². The van der Waals surface area contributed by atoms with Crippen LogP contribution in [-0.2, 0) is 9.59 Å². The highest BCUT2D eigenvalue weighted by Gasteiger charge is 2.26. The Morgan fingerprint density at radius 1 is 1.25 bits per heavy atom. The topological polar surface area (TPSA) is 58.2 Å². The molecule has 1 saturated carbocycles. The molecule has 20 heavy (non-hydrogen) atoms. The first kappa shape index (κ1) is 14.5. The van der Waals surface area contributed by atoms with Crippen LogP contribution in [0, 0.1) is 5.82 Å². The van der Waals surface area contributed by atoms with Gasteiger partial charge >= 0.3 is 0 Å². The van der Waals surface area contributed by atoms with E-state index in [9.17, 15) is 14.0 Å². The predicted molar refractivity (Wildman–Crippen MR) is 73.6 cm³/mol. The van der Waals surface area contributed by atoms with Crippen molar-refractivity contribution < 1.29 is 14.0 Å². The number of amides is 2. The van der Waals surface area contributed by atoms with E-state index in [4.69, 9.17) is 0 Å². The fraction of sp³-hybridized carbons (Fsp3) is 0.467. The molecule has 1 aliphatic rings. The van der Waals surface area contributed by atoms with E-state index in [1.165, 1.54) is 19.1 Å². The van der Waals surface area contributed by atoms with Gasteiger partial charge in [-0.05, 0) is 42.9 Å². The number of halogens is 1. The Balaban J connectivity index is 1.81. The summed E-state index contributed by atoms with van der Waals surface area (Å²) in [6.07, 6.45) is 2.75. The minimum absolute atomic E-state index is 0.0209. The third-order valence-electron chi connectivity index (χ3n) is 3.64. The number of hydrogen-bond acceptors (Lipinski definition) is 2. The zero-order valence-electron chi connectivity index (χ0n) is 11.5. The second-order valence-corrected chi connectivity index (χ2v) is 5.24. The summed E-state index contributed by atoms with van der Waals surface area (Å²) >= 11 is 0. The fourth-order valence-electron chi connectivity index (χ4n) is 2.63. The molecular formula is C15H19FN2O2. The van der Waals surface area contributed by atoms with Gasteiger partial charge < -0.3 is 10.6 Å². The summed E-state index contributed by atoms with van der Waals surface area (Å²) in [5, 5.41) is 5.39. The Hall–Kier alpha value is -1.91.